The fraction of sp³-hybridized carbons (Fsp3) is 0.364. The van der Waals surface area contributed by atoms with Gasteiger partial charge < -0.3 is 10.4 Å². The van der Waals surface area contributed by atoms with Crippen LogP contribution in [0.2, 0.25) is 0 Å². The molecule has 2 atom stereocenters. The number of aromatic nitrogens is 1. The lowest BCUT2D eigenvalue weighted by molar-refractivity contribution is -0.139. The summed E-state index contributed by atoms with van der Waals surface area (Å²) < 4.78 is 0. The highest BCUT2D eigenvalue weighted by molar-refractivity contribution is 5.98. The van der Waals surface area contributed by atoms with Crippen LogP contribution in [-0.2, 0) is 9.59 Å². The van der Waals surface area contributed by atoms with E-state index in [1.807, 2.05) is 6.92 Å². The molecule has 5 nitrogen and oxygen atoms in total. The van der Waals surface area contributed by atoms with Crippen molar-refractivity contribution in [1.82, 2.24) is 4.98 Å². The van der Waals surface area contributed by atoms with Crippen LogP contribution >= 0.6 is 0 Å². The van der Waals surface area contributed by atoms with Crippen molar-refractivity contribution in [2.24, 2.45) is 11.8 Å². The van der Waals surface area contributed by atoms with Gasteiger partial charge >= 0.3 is 5.97 Å². The maximum atomic E-state index is 11.6. The highest BCUT2D eigenvalue weighted by Crippen LogP contribution is 2.39. The molecule has 0 radical (unpaired) electrons. The lowest BCUT2D eigenvalue weighted by Crippen LogP contribution is -2.17. The number of nitrogens with one attached hydrogen (secondary N) is 1. The fourth-order valence-electron chi connectivity index (χ4n) is 1.60. The van der Waals surface area contributed by atoms with Crippen LogP contribution in [0.5, 0.6) is 0 Å². The van der Waals surface area contributed by atoms with Crippen molar-refractivity contribution < 1.29 is 14.7 Å². The molecule has 1 aliphatic rings. The van der Waals surface area contributed by atoms with Crippen LogP contribution in [0.1, 0.15) is 12.0 Å². The molecule has 2 rings (SSSR count). The number of hydrogen-bond acceptors (Lipinski definition) is 3. The number of amides is 1. The first-order chi connectivity index (χ1) is 7.59. The zero-order chi connectivity index (χ0) is 11.7. The molecule has 1 saturated carbocycles. The molecular formula is C11H12N2O3. The van der Waals surface area contributed by atoms with Crippen LogP contribution in [-0.4, -0.2) is 22.0 Å². The van der Waals surface area contributed by atoms with Gasteiger partial charge in [0.25, 0.3) is 0 Å². The third-order valence-corrected chi connectivity index (χ3v) is 2.72. The molecule has 1 aromatic rings. The van der Waals surface area contributed by atoms with Crippen LogP contribution in [0.4, 0.5) is 5.69 Å². The molecule has 0 bridgehead atoms. The summed E-state index contributed by atoms with van der Waals surface area (Å²) in [7, 11) is 0. The Morgan fingerprint density at radius 2 is 2.25 bits per heavy atom. The van der Waals surface area contributed by atoms with Crippen molar-refractivity contribution in [3.8, 4) is 0 Å². The van der Waals surface area contributed by atoms with Crippen LogP contribution in [0, 0.1) is 18.8 Å². The van der Waals surface area contributed by atoms with Crippen molar-refractivity contribution in [1.29, 1.82) is 0 Å². The second-order valence-electron chi connectivity index (χ2n) is 3.97. The Labute approximate surface area is 92.5 Å². The van der Waals surface area contributed by atoms with E-state index in [0.29, 0.717) is 12.1 Å². The third kappa shape index (κ3) is 2.03. The molecule has 1 aliphatic carbocycles. The Bertz CT molecular complexity index is 445. The van der Waals surface area contributed by atoms with E-state index in [0.717, 1.165) is 5.56 Å². The van der Waals surface area contributed by atoms with Crippen LogP contribution in [0.25, 0.3) is 0 Å². The Morgan fingerprint density at radius 1 is 1.50 bits per heavy atom. The third-order valence-electron chi connectivity index (χ3n) is 2.72. The molecule has 5 heteroatoms. The molecule has 84 valence electrons. The Morgan fingerprint density at radius 3 is 2.81 bits per heavy atom. The maximum Gasteiger partial charge on any atom is 0.307 e. The minimum absolute atomic E-state index is 0.221. The lowest BCUT2D eigenvalue weighted by atomic mass is 10.2. The van der Waals surface area contributed by atoms with Gasteiger partial charge in [-0.25, -0.2) is 0 Å². The number of aryl methyl sites for hydroxylation is 1. The smallest absolute Gasteiger partial charge is 0.307 e. The summed E-state index contributed by atoms with van der Waals surface area (Å²) in [6.45, 7) is 1.84. The number of aliphatic carboxylic acids is 1. The van der Waals surface area contributed by atoms with Crippen molar-refractivity contribution in [2.45, 2.75) is 13.3 Å². The van der Waals surface area contributed by atoms with E-state index < -0.39 is 11.9 Å². The van der Waals surface area contributed by atoms with Crippen LogP contribution < -0.4 is 5.32 Å². The van der Waals surface area contributed by atoms with Gasteiger partial charge in [-0.15, -0.1) is 0 Å². The van der Waals surface area contributed by atoms with Gasteiger partial charge in [0.2, 0.25) is 5.91 Å². The predicted octanol–water partition coefficient (Wildman–Crippen LogP) is 1.05. The predicted molar refractivity (Wildman–Crippen MR) is 56.8 cm³/mol. The fourth-order valence-corrected chi connectivity index (χ4v) is 1.60. The highest BCUT2D eigenvalue weighted by Gasteiger charge is 2.48. The first kappa shape index (κ1) is 10.6. The maximum absolute atomic E-state index is 11.6. The van der Waals surface area contributed by atoms with Crippen molar-refractivity contribution in [2.75, 3.05) is 5.32 Å². The molecule has 1 heterocycles. The molecule has 2 unspecified atom stereocenters. The summed E-state index contributed by atoms with van der Waals surface area (Å²) in [6.07, 6.45) is 3.67. The number of rotatable bonds is 3. The van der Waals surface area contributed by atoms with Crippen molar-refractivity contribution in [3.05, 3.63) is 24.0 Å². The SMILES string of the molecule is Cc1cnccc1NC(=O)C1CC1C(=O)O. The van der Waals surface area contributed by atoms with Crippen molar-refractivity contribution in [3.63, 3.8) is 0 Å². The summed E-state index contributed by atoms with van der Waals surface area (Å²) in [6, 6.07) is 1.70. The molecule has 1 aromatic heterocycles. The lowest BCUT2D eigenvalue weighted by Gasteiger charge is -2.06. The van der Waals surface area contributed by atoms with Gasteiger partial charge in [0.05, 0.1) is 11.8 Å². The van der Waals surface area contributed by atoms with E-state index >= 15 is 0 Å². The Kier molecular flexibility index (Phi) is 2.60. The second-order valence-corrected chi connectivity index (χ2v) is 3.97. The van der Waals surface area contributed by atoms with E-state index in [9.17, 15) is 9.59 Å². The Balaban J connectivity index is 1.99. The summed E-state index contributed by atoms with van der Waals surface area (Å²) in [4.78, 5) is 26.2. The zero-order valence-electron chi connectivity index (χ0n) is 8.80. The molecule has 0 aromatic carbocycles. The summed E-state index contributed by atoms with van der Waals surface area (Å²) in [5.74, 6) is -2.01. The van der Waals surface area contributed by atoms with Gasteiger partial charge in [0, 0.05) is 18.1 Å². The molecule has 0 aliphatic heterocycles. The first-order valence-electron chi connectivity index (χ1n) is 5.04. The van der Waals surface area contributed by atoms with Crippen molar-refractivity contribution >= 4 is 17.6 Å². The molecule has 0 saturated heterocycles. The number of carbonyl (C=O) groups is 2. The van der Waals surface area contributed by atoms with E-state index in [4.69, 9.17) is 5.11 Å². The van der Waals surface area contributed by atoms with E-state index in [1.165, 1.54) is 0 Å². The molecular weight excluding hydrogens is 208 g/mol. The van der Waals surface area contributed by atoms with E-state index in [1.54, 1.807) is 18.5 Å². The van der Waals surface area contributed by atoms with Gasteiger partial charge in [-0.3, -0.25) is 14.6 Å². The van der Waals surface area contributed by atoms with E-state index in [2.05, 4.69) is 10.3 Å². The molecule has 2 N–H and O–H groups in total. The minimum atomic E-state index is -0.897. The molecule has 0 spiro atoms. The summed E-state index contributed by atoms with van der Waals surface area (Å²) in [5, 5.41) is 11.4. The van der Waals surface area contributed by atoms with Gasteiger partial charge in [-0.2, -0.15) is 0 Å². The molecule has 16 heavy (non-hydrogen) atoms. The number of carboxylic acid groups (broad SMARTS) is 1. The van der Waals surface area contributed by atoms with Crippen LogP contribution in [0.15, 0.2) is 18.5 Å². The highest BCUT2D eigenvalue weighted by atomic mass is 16.4. The summed E-state index contributed by atoms with van der Waals surface area (Å²) in [5.41, 5.74) is 1.56. The standard InChI is InChI=1S/C11H12N2O3/c1-6-5-12-3-2-9(6)13-10(14)7-4-8(7)11(15)16/h2-3,5,7-8H,4H2,1H3,(H,15,16)(H,12,13,14). The summed E-state index contributed by atoms with van der Waals surface area (Å²) >= 11 is 0. The van der Waals surface area contributed by atoms with Gasteiger partial charge in [0.15, 0.2) is 0 Å². The molecule has 1 fully saturated rings. The number of hydrogen-bond donors (Lipinski definition) is 2. The largest absolute Gasteiger partial charge is 0.481 e. The second kappa shape index (κ2) is 3.92. The van der Waals surface area contributed by atoms with Gasteiger partial charge in [-0.05, 0) is 25.0 Å². The van der Waals surface area contributed by atoms with Gasteiger partial charge in [0.1, 0.15) is 0 Å². The monoisotopic (exact) mass is 220 g/mol. The number of anilines is 1. The van der Waals surface area contributed by atoms with E-state index in [-0.39, 0.29) is 11.8 Å². The normalized spacial score (nSPS) is 22.6. The quantitative estimate of drug-likeness (QED) is 0.797. The topological polar surface area (TPSA) is 79.3 Å². The van der Waals surface area contributed by atoms with Gasteiger partial charge in [-0.1, -0.05) is 0 Å². The Hall–Kier alpha value is -1.91. The average Bonchev–Trinajstić information content (AvgIpc) is 3.01. The number of nitrogens with zero attached hydrogens (tertiary/aromatic N) is 1. The first-order valence-corrected chi connectivity index (χ1v) is 5.04. The number of carboxylic acids is 1. The molecule has 1 amide bonds. The minimum Gasteiger partial charge on any atom is -0.481 e. The average molecular weight is 220 g/mol. The number of pyridine rings is 1. The zero-order valence-corrected chi connectivity index (χ0v) is 8.80. The number of carbonyl (C=O) groups excluding carboxylic acids is 1. The van der Waals surface area contributed by atoms with Crippen LogP contribution in [0.3, 0.4) is 0 Å².